The number of nitrogens with zero attached hydrogens (tertiary/aromatic N) is 3. The SMILES string of the molecule is O=C(NCCC1[C@H]2CN(C(=O)c3ccc(F)cc3)C[C@@H]12)c1ccc2nccn2c1. The van der Waals surface area contributed by atoms with Crippen molar-refractivity contribution in [3.63, 3.8) is 0 Å². The van der Waals surface area contributed by atoms with Gasteiger partial charge >= 0.3 is 0 Å². The third kappa shape index (κ3) is 3.37. The zero-order valence-electron chi connectivity index (χ0n) is 15.8. The van der Waals surface area contributed by atoms with Gasteiger partial charge in [-0.2, -0.15) is 0 Å². The Bertz CT molecular complexity index is 1070. The summed E-state index contributed by atoms with van der Waals surface area (Å²) < 4.78 is 14.9. The second kappa shape index (κ2) is 6.99. The van der Waals surface area contributed by atoms with E-state index < -0.39 is 0 Å². The highest BCUT2D eigenvalue weighted by molar-refractivity contribution is 5.95. The van der Waals surface area contributed by atoms with Crippen LogP contribution in [0.2, 0.25) is 0 Å². The van der Waals surface area contributed by atoms with Crippen LogP contribution >= 0.6 is 0 Å². The van der Waals surface area contributed by atoms with Gasteiger partial charge in [0.2, 0.25) is 0 Å². The largest absolute Gasteiger partial charge is 0.352 e. The first-order valence-electron chi connectivity index (χ1n) is 9.86. The van der Waals surface area contributed by atoms with E-state index >= 15 is 0 Å². The summed E-state index contributed by atoms with van der Waals surface area (Å²) in [5.41, 5.74) is 1.96. The lowest BCUT2D eigenvalue weighted by molar-refractivity contribution is 0.0767. The molecule has 1 saturated heterocycles. The monoisotopic (exact) mass is 392 g/mol. The van der Waals surface area contributed by atoms with Gasteiger partial charge in [0.05, 0.1) is 5.56 Å². The van der Waals surface area contributed by atoms with Crippen molar-refractivity contribution in [2.75, 3.05) is 19.6 Å². The minimum Gasteiger partial charge on any atom is -0.352 e. The molecule has 6 nitrogen and oxygen atoms in total. The Hall–Kier alpha value is -3.22. The molecule has 3 atom stereocenters. The molecule has 5 rings (SSSR count). The average molecular weight is 392 g/mol. The number of pyridine rings is 1. The molecule has 0 spiro atoms. The lowest BCUT2D eigenvalue weighted by Crippen LogP contribution is -2.32. The Balaban J connectivity index is 1.09. The minimum absolute atomic E-state index is 0.0286. The Labute approximate surface area is 167 Å². The number of likely N-dealkylation sites (tertiary alicyclic amines) is 1. The third-order valence-electron chi connectivity index (χ3n) is 6.16. The molecule has 0 bridgehead atoms. The molecular formula is C22H21FN4O2. The molecule has 1 N–H and O–H groups in total. The summed E-state index contributed by atoms with van der Waals surface area (Å²) in [5, 5.41) is 2.99. The van der Waals surface area contributed by atoms with E-state index in [1.165, 1.54) is 24.3 Å². The standard InChI is InChI=1S/C22H21FN4O2/c23-16-4-1-14(2-5-16)22(29)27-12-18-17(19(18)13-27)7-8-25-21(28)15-3-6-20-24-9-10-26(20)11-15/h1-6,9-11,17-19H,7-8,12-13H2,(H,25,28)/t17?,18-,19+. The van der Waals surface area contributed by atoms with Gasteiger partial charge in [-0.15, -0.1) is 0 Å². The van der Waals surface area contributed by atoms with E-state index in [0.29, 0.717) is 35.4 Å². The van der Waals surface area contributed by atoms with E-state index in [2.05, 4.69) is 10.3 Å². The van der Waals surface area contributed by atoms with Crippen molar-refractivity contribution < 1.29 is 14.0 Å². The molecule has 0 radical (unpaired) electrons. The maximum atomic E-state index is 13.0. The van der Waals surface area contributed by atoms with E-state index in [1.54, 1.807) is 18.5 Å². The Morgan fingerprint density at radius 2 is 1.79 bits per heavy atom. The molecule has 3 heterocycles. The summed E-state index contributed by atoms with van der Waals surface area (Å²) in [4.78, 5) is 30.9. The summed E-state index contributed by atoms with van der Waals surface area (Å²) in [6.07, 6.45) is 6.22. The number of carbonyl (C=O) groups is 2. The first kappa shape index (κ1) is 17.8. The molecule has 148 valence electrons. The Kier molecular flexibility index (Phi) is 4.30. The smallest absolute Gasteiger partial charge is 0.253 e. The van der Waals surface area contributed by atoms with Crippen LogP contribution in [0.25, 0.3) is 5.65 Å². The van der Waals surface area contributed by atoms with Gasteiger partial charge in [-0.1, -0.05) is 0 Å². The fourth-order valence-electron chi connectivity index (χ4n) is 4.53. The normalized spacial score (nSPS) is 22.5. The van der Waals surface area contributed by atoms with E-state index in [4.69, 9.17) is 0 Å². The molecule has 1 unspecified atom stereocenters. The van der Waals surface area contributed by atoms with Gasteiger partial charge < -0.3 is 14.6 Å². The van der Waals surface area contributed by atoms with E-state index in [1.807, 2.05) is 21.6 Å². The molecule has 1 aliphatic carbocycles. The van der Waals surface area contributed by atoms with Gasteiger partial charge in [-0.25, -0.2) is 9.37 Å². The molecule has 1 saturated carbocycles. The molecule has 2 amide bonds. The van der Waals surface area contributed by atoms with Crippen molar-refractivity contribution in [1.29, 1.82) is 0 Å². The number of nitrogens with one attached hydrogen (secondary N) is 1. The fraction of sp³-hybridized carbons (Fsp3) is 0.318. The van der Waals surface area contributed by atoms with Crippen molar-refractivity contribution in [2.24, 2.45) is 17.8 Å². The highest BCUT2D eigenvalue weighted by Gasteiger charge is 2.55. The summed E-state index contributed by atoms with van der Waals surface area (Å²) in [6, 6.07) is 9.32. The maximum absolute atomic E-state index is 13.0. The molecule has 3 aromatic rings. The predicted octanol–water partition coefficient (Wildman–Crippen LogP) is 2.61. The van der Waals surface area contributed by atoms with Crippen molar-refractivity contribution in [3.8, 4) is 0 Å². The fourth-order valence-corrected chi connectivity index (χ4v) is 4.53. The topological polar surface area (TPSA) is 66.7 Å². The molecule has 7 heteroatoms. The highest BCUT2D eigenvalue weighted by Crippen LogP contribution is 2.53. The molecule has 2 aromatic heterocycles. The van der Waals surface area contributed by atoms with Crippen molar-refractivity contribution in [2.45, 2.75) is 6.42 Å². The number of amides is 2. The highest BCUT2D eigenvalue weighted by atomic mass is 19.1. The number of rotatable bonds is 5. The van der Waals surface area contributed by atoms with Crippen LogP contribution in [0.15, 0.2) is 55.0 Å². The number of aromatic nitrogens is 2. The van der Waals surface area contributed by atoms with E-state index in [-0.39, 0.29) is 17.6 Å². The maximum Gasteiger partial charge on any atom is 0.253 e. The average Bonchev–Trinajstić information content (AvgIpc) is 3.10. The third-order valence-corrected chi connectivity index (χ3v) is 6.16. The van der Waals surface area contributed by atoms with Crippen LogP contribution in [-0.2, 0) is 0 Å². The Morgan fingerprint density at radius 1 is 1.07 bits per heavy atom. The number of fused-ring (bicyclic) bond motifs is 2. The van der Waals surface area contributed by atoms with Gasteiger partial charge in [0.25, 0.3) is 11.8 Å². The number of piperidine rings is 1. The number of hydrogen-bond acceptors (Lipinski definition) is 3. The van der Waals surface area contributed by atoms with Crippen molar-refractivity contribution in [3.05, 3.63) is 71.9 Å². The first-order valence-corrected chi connectivity index (χ1v) is 9.86. The predicted molar refractivity (Wildman–Crippen MR) is 105 cm³/mol. The quantitative estimate of drug-likeness (QED) is 0.726. The number of benzene rings is 1. The zero-order valence-corrected chi connectivity index (χ0v) is 15.8. The van der Waals surface area contributed by atoms with Gasteiger partial charge in [-0.3, -0.25) is 9.59 Å². The van der Waals surface area contributed by atoms with Gasteiger partial charge in [0.1, 0.15) is 11.5 Å². The molecule has 1 aromatic carbocycles. The van der Waals surface area contributed by atoms with Crippen LogP contribution in [0, 0.1) is 23.6 Å². The lowest BCUT2D eigenvalue weighted by Gasteiger charge is -2.20. The zero-order chi connectivity index (χ0) is 20.0. The lowest BCUT2D eigenvalue weighted by atomic mass is 10.1. The first-order chi connectivity index (χ1) is 14.1. The van der Waals surface area contributed by atoms with Crippen LogP contribution in [-0.4, -0.2) is 45.7 Å². The second-order valence-electron chi connectivity index (χ2n) is 7.86. The molecule has 1 aliphatic heterocycles. The van der Waals surface area contributed by atoms with Gasteiger partial charge in [-0.05, 0) is 60.6 Å². The minimum atomic E-state index is -0.335. The van der Waals surface area contributed by atoms with Crippen molar-refractivity contribution in [1.82, 2.24) is 19.6 Å². The van der Waals surface area contributed by atoms with Crippen LogP contribution in [0.1, 0.15) is 27.1 Å². The van der Waals surface area contributed by atoms with Gasteiger partial charge in [0, 0.05) is 43.8 Å². The summed E-state index contributed by atoms with van der Waals surface area (Å²) >= 11 is 0. The summed E-state index contributed by atoms with van der Waals surface area (Å²) in [6.45, 7) is 2.12. The van der Waals surface area contributed by atoms with Crippen LogP contribution in [0.4, 0.5) is 4.39 Å². The number of hydrogen-bond donors (Lipinski definition) is 1. The van der Waals surface area contributed by atoms with Gasteiger partial charge in [0.15, 0.2) is 0 Å². The summed E-state index contributed by atoms with van der Waals surface area (Å²) in [7, 11) is 0. The molecule has 2 fully saturated rings. The second-order valence-corrected chi connectivity index (χ2v) is 7.86. The number of imidazole rings is 1. The summed E-state index contributed by atoms with van der Waals surface area (Å²) in [5.74, 6) is 1.14. The van der Waals surface area contributed by atoms with E-state index in [0.717, 1.165) is 25.2 Å². The Morgan fingerprint density at radius 3 is 2.55 bits per heavy atom. The van der Waals surface area contributed by atoms with Crippen LogP contribution < -0.4 is 5.32 Å². The number of carbonyl (C=O) groups excluding carboxylic acids is 2. The van der Waals surface area contributed by atoms with E-state index in [9.17, 15) is 14.0 Å². The number of halogens is 1. The van der Waals surface area contributed by atoms with Crippen LogP contribution in [0.5, 0.6) is 0 Å². The van der Waals surface area contributed by atoms with Crippen molar-refractivity contribution >= 4 is 17.5 Å². The molecule has 2 aliphatic rings. The molecule has 29 heavy (non-hydrogen) atoms. The molecular weight excluding hydrogens is 371 g/mol. The van der Waals surface area contributed by atoms with Crippen LogP contribution in [0.3, 0.4) is 0 Å².